The summed E-state index contributed by atoms with van der Waals surface area (Å²) in [5.74, 6) is 0.531. The average molecular weight is 534 g/mol. The Morgan fingerprint density at radius 2 is 1.63 bits per heavy atom. The number of hydrogen-bond donors (Lipinski definition) is 3. The van der Waals surface area contributed by atoms with Gasteiger partial charge in [-0.1, -0.05) is 41.9 Å². The van der Waals surface area contributed by atoms with Crippen molar-refractivity contribution in [2.75, 3.05) is 30.8 Å². The predicted octanol–water partition coefficient (Wildman–Crippen LogP) is 4.62. The molecule has 3 amide bonds. The number of rotatable bonds is 8. The fourth-order valence-electron chi connectivity index (χ4n) is 4.22. The molecule has 9 nitrogen and oxygen atoms in total. The van der Waals surface area contributed by atoms with Gasteiger partial charge in [0.25, 0.3) is 0 Å². The highest BCUT2D eigenvalue weighted by Crippen LogP contribution is 2.33. The molecule has 3 aromatic carbocycles. The number of likely N-dealkylation sites (N-methyl/N-ethyl adjacent to an activating group) is 1. The maximum absolute atomic E-state index is 13.3. The van der Waals surface area contributed by atoms with Crippen LogP contribution in [-0.4, -0.2) is 55.1 Å². The number of carbonyl (C=O) groups is 2. The third kappa shape index (κ3) is 6.31. The summed E-state index contributed by atoms with van der Waals surface area (Å²) in [6.07, 6.45) is -1.02. The van der Waals surface area contributed by atoms with Crippen LogP contribution in [0.15, 0.2) is 83.9 Å². The predicted molar refractivity (Wildman–Crippen MR) is 146 cm³/mol. The fraction of sp³-hybridized carbons (Fsp3) is 0.250. The van der Waals surface area contributed by atoms with Crippen LogP contribution in [0.25, 0.3) is 0 Å². The number of amidine groups is 1. The van der Waals surface area contributed by atoms with Crippen LogP contribution in [0, 0.1) is 0 Å². The van der Waals surface area contributed by atoms with E-state index in [0.29, 0.717) is 16.4 Å². The van der Waals surface area contributed by atoms with Crippen molar-refractivity contribution in [3.05, 3.63) is 95.0 Å². The van der Waals surface area contributed by atoms with Crippen LogP contribution in [0.1, 0.15) is 23.8 Å². The number of aliphatic imine (C=N–C) groups is 1. The summed E-state index contributed by atoms with van der Waals surface area (Å²) >= 11 is 5.92. The highest BCUT2D eigenvalue weighted by Gasteiger charge is 2.36. The van der Waals surface area contributed by atoms with E-state index < -0.39 is 30.6 Å². The number of halogens is 1. The Hall–Kier alpha value is -3.92. The molecule has 5 rings (SSSR count). The van der Waals surface area contributed by atoms with Crippen LogP contribution in [0.3, 0.4) is 0 Å². The standard InChI is InChI=1S/C28H28ClN5O4/c1-34-16-15-30-25(34)18-7-11-21(12-8-18)31-26(35)23(33-28(36)32-22-13-9-20(29)10-14-22)17-24-37-27(38-24)19-5-3-2-4-6-19/h2-14,23-24,27H,15-17H2,1H3,(H,31,35)(H2,32,33,36)/t23-,24?,27?/m1/s1. The lowest BCUT2D eigenvalue weighted by atomic mass is 10.1. The van der Waals surface area contributed by atoms with Gasteiger partial charge in [0.1, 0.15) is 11.9 Å². The third-order valence-corrected chi connectivity index (χ3v) is 6.50. The van der Waals surface area contributed by atoms with Crippen LogP contribution in [0.4, 0.5) is 16.2 Å². The smallest absolute Gasteiger partial charge is 0.319 e. The Balaban J connectivity index is 1.23. The van der Waals surface area contributed by atoms with Crippen LogP contribution in [0.5, 0.6) is 0 Å². The molecule has 3 aromatic rings. The van der Waals surface area contributed by atoms with Gasteiger partial charge in [-0.25, -0.2) is 4.79 Å². The summed E-state index contributed by atoms with van der Waals surface area (Å²) < 4.78 is 11.7. The highest BCUT2D eigenvalue weighted by atomic mass is 35.5. The second kappa shape index (κ2) is 11.6. The van der Waals surface area contributed by atoms with E-state index in [2.05, 4.69) is 25.8 Å². The monoisotopic (exact) mass is 533 g/mol. The Morgan fingerprint density at radius 3 is 2.29 bits per heavy atom. The molecule has 1 atom stereocenters. The molecule has 2 aliphatic rings. The zero-order valence-electron chi connectivity index (χ0n) is 20.8. The molecule has 0 aromatic heterocycles. The van der Waals surface area contributed by atoms with E-state index in [4.69, 9.17) is 21.1 Å². The largest absolute Gasteiger partial charge is 0.358 e. The molecule has 1 saturated heterocycles. The molecule has 10 heteroatoms. The van der Waals surface area contributed by atoms with Gasteiger partial charge in [0.05, 0.1) is 6.54 Å². The molecular weight excluding hydrogens is 506 g/mol. The summed E-state index contributed by atoms with van der Waals surface area (Å²) in [5, 5.41) is 8.89. The number of nitrogens with zero attached hydrogens (tertiary/aromatic N) is 2. The molecule has 2 heterocycles. The van der Waals surface area contributed by atoms with Gasteiger partial charge in [-0.05, 0) is 48.5 Å². The first-order valence-electron chi connectivity index (χ1n) is 12.3. The number of benzene rings is 3. The minimum Gasteiger partial charge on any atom is -0.358 e. The highest BCUT2D eigenvalue weighted by molar-refractivity contribution is 6.30. The SMILES string of the molecule is CN1CCN=C1c1ccc(NC(=O)[C@@H](CC2OC(c3ccccc3)O2)NC(=O)Nc2ccc(Cl)cc2)cc1. The summed E-state index contributed by atoms with van der Waals surface area (Å²) in [7, 11) is 2.00. The van der Waals surface area contributed by atoms with Gasteiger partial charge in [0.2, 0.25) is 5.91 Å². The lowest BCUT2D eigenvalue weighted by molar-refractivity contribution is -0.392. The van der Waals surface area contributed by atoms with Gasteiger partial charge in [-0.2, -0.15) is 0 Å². The van der Waals surface area contributed by atoms with Gasteiger partial charge in [-0.3, -0.25) is 9.79 Å². The number of carbonyl (C=O) groups excluding carboxylic acids is 2. The minimum atomic E-state index is -0.922. The molecule has 196 valence electrons. The molecule has 3 N–H and O–H groups in total. The van der Waals surface area contributed by atoms with E-state index in [1.807, 2.05) is 61.6 Å². The van der Waals surface area contributed by atoms with Crippen LogP contribution in [-0.2, 0) is 14.3 Å². The second-order valence-corrected chi connectivity index (χ2v) is 9.47. The Morgan fingerprint density at radius 1 is 0.974 bits per heavy atom. The van der Waals surface area contributed by atoms with E-state index in [1.165, 1.54) is 0 Å². The van der Waals surface area contributed by atoms with Gasteiger partial charge >= 0.3 is 6.03 Å². The van der Waals surface area contributed by atoms with Crippen molar-refractivity contribution in [1.29, 1.82) is 0 Å². The number of nitrogens with one attached hydrogen (secondary N) is 3. The molecule has 0 saturated carbocycles. The molecule has 0 bridgehead atoms. The number of amides is 3. The number of hydrogen-bond acceptors (Lipinski definition) is 6. The normalized spacial score (nSPS) is 19.2. The molecular formula is C28H28ClN5O4. The topological polar surface area (TPSA) is 104 Å². The van der Waals surface area contributed by atoms with Crippen molar-refractivity contribution in [3.8, 4) is 0 Å². The van der Waals surface area contributed by atoms with Crippen molar-refractivity contribution in [2.45, 2.75) is 25.0 Å². The van der Waals surface area contributed by atoms with Gasteiger partial charge in [0.15, 0.2) is 12.6 Å². The van der Waals surface area contributed by atoms with E-state index in [9.17, 15) is 9.59 Å². The lowest BCUT2D eigenvalue weighted by Gasteiger charge is -2.37. The average Bonchev–Trinajstić information content (AvgIpc) is 3.33. The van der Waals surface area contributed by atoms with Gasteiger partial charge < -0.3 is 30.3 Å². The zero-order chi connectivity index (χ0) is 26.5. The molecule has 0 unspecified atom stereocenters. The summed E-state index contributed by atoms with van der Waals surface area (Å²) in [4.78, 5) is 32.6. The van der Waals surface area contributed by atoms with Gasteiger partial charge in [0, 0.05) is 47.5 Å². The summed E-state index contributed by atoms with van der Waals surface area (Å²) in [6.45, 7) is 1.65. The molecule has 0 aliphatic carbocycles. The summed E-state index contributed by atoms with van der Waals surface area (Å²) in [6, 6.07) is 22.2. The maximum atomic E-state index is 13.3. The first-order valence-corrected chi connectivity index (χ1v) is 12.7. The van der Waals surface area contributed by atoms with Crippen LogP contribution < -0.4 is 16.0 Å². The molecule has 0 radical (unpaired) electrons. The molecule has 2 aliphatic heterocycles. The van der Waals surface area contributed by atoms with E-state index in [-0.39, 0.29) is 6.42 Å². The number of ether oxygens (including phenoxy) is 2. The molecule has 38 heavy (non-hydrogen) atoms. The van der Waals surface area contributed by atoms with E-state index in [1.54, 1.807) is 24.3 Å². The van der Waals surface area contributed by atoms with E-state index >= 15 is 0 Å². The lowest BCUT2D eigenvalue weighted by Crippen LogP contribution is -2.50. The molecule has 1 fully saturated rings. The number of anilines is 2. The fourth-order valence-corrected chi connectivity index (χ4v) is 4.35. The van der Waals surface area contributed by atoms with Crippen molar-refractivity contribution >= 4 is 40.7 Å². The Labute approximate surface area is 225 Å². The van der Waals surface area contributed by atoms with Crippen molar-refractivity contribution in [1.82, 2.24) is 10.2 Å². The van der Waals surface area contributed by atoms with Crippen LogP contribution >= 0.6 is 11.6 Å². The quantitative estimate of drug-likeness (QED) is 0.392. The van der Waals surface area contributed by atoms with Crippen LogP contribution in [0.2, 0.25) is 5.02 Å². The third-order valence-electron chi connectivity index (χ3n) is 6.24. The Bertz CT molecular complexity index is 1300. The zero-order valence-corrected chi connectivity index (χ0v) is 21.5. The summed E-state index contributed by atoms with van der Waals surface area (Å²) in [5.41, 5.74) is 3.00. The molecule has 0 spiro atoms. The first-order chi connectivity index (χ1) is 18.4. The first kappa shape index (κ1) is 25.7. The number of urea groups is 1. The second-order valence-electron chi connectivity index (χ2n) is 9.03. The minimum absolute atomic E-state index is 0.128. The maximum Gasteiger partial charge on any atom is 0.319 e. The van der Waals surface area contributed by atoms with E-state index in [0.717, 1.165) is 30.1 Å². The van der Waals surface area contributed by atoms with Crippen molar-refractivity contribution in [2.24, 2.45) is 4.99 Å². The van der Waals surface area contributed by atoms with Crippen molar-refractivity contribution < 1.29 is 19.1 Å². The Kier molecular flexibility index (Phi) is 7.88. The van der Waals surface area contributed by atoms with Gasteiger partial charge in [-0.15, -0.1) is 0 Å². The van der Waals surface area contributed by atoms with Crippen molar-refractivity contribution in [3.63, 3.8) is 0 Å².